The number of fused-ring (bicyclic) bond motifs is 1. The van der Waals surface area contributed by atoms with Gasteiger partial charge in [0.05, 0.1) is 13.4 Å². The third-order valence-electron chi connectivity index (χ3n) is 4.79. The first kappa shape index (κ1) is 15.1. The van der Waals surface area contributed by atoms with Crippen molar-refractivity contribution in [2.75, 3.05) is 7.11 Å². The van der Waals surface area contributed by atoms with Gasteiger partial charge >= 0.3 is 0 Å². The fraction of sp³-hybridized carbons (Fsp3) is 0.421. The third kappa shape index (κ3) is 2.75. The lowest BCUT2D eigenvalue weighted by atomic mass is 10.1. The van der Waals surface area contributed by atoms with Crippen LogP contribution in [0.1, 0.15) is 36.1 Å². The molecule has 1 N–H and O–H groups in total. The van der Waals surface area contributed by atoms with Crippen molar-refractivity contribution in [2.45, 2.75) is 38.3 Å². The molecule has 1 amide bonds. The van der Waals surface area contributed by atoms with E-state index in [4.69, 9.17) is 13.9 Å². The standard InChI is InChI=1S/C19H21NO4/c1-11-6-12-7-17(22-2)13(8-18(12)24-11)10-20-19(21)15-9-14(15)16-4-3-5-23-16/h3-5,7-8,11,14-15H,6,9-10H2,1-2H3,(H,20,21)/t11-,14-,15+/m0/s1. The summed E-state index contributed by atoms with van der Waals surface area (Å²) in [5, 5.41) is 3.01. The summed E-state index contributed by atoms with van der Waals surface area (Å²) in [5.41, 5.74) is 2.10. The molecule has 3 atom stereocenters. The van der Waals surface area contributed by atoms with E-state index in [1.54, 1.807) is 13.4 Å². The van der Waals surface area contributed by atoms with E-state index in [1.807, 2.05) is 24.3 Å². The van der Waals surface area contributed by atoms with Gasteiger partial charge < -0.3 is 19.2 Å². The van der Waals surface area contributed by atoms with Crippen LogP contribution in [-0.2, 0) is 17.8 Å². The number of ether oxygens (including phenoxy) is 2. The van der Waals surface area contributed by atoms with Crippen LogP contribution in [0.5, 0.6) is 11.5 Å². The van der Waals surface area contributed by atoms with Crippen LogP contribution < -0.4 is 14.8 Å². The molecule has 1 aliphatic heterocycles. The molecule has 4 rings (SSSR count). The molecule has 0 bridgehead atoms. The number of methoxy groups -OCH3 is 1. The first-order valence-electron chi connectivity index (χ1n) is 8.33. The van der Waals surface area contributed by atoms with E-state index in [9.17, 15) is 4.79 Å². The van der Waals surface area contributed by atoms with Crippen molar-refractivity contribution in [3.05, 3.63) is 47.4 Å². The second-order valence-corrected chi connectivity index (χ2v) is 6.59. The zero-order chi connectivity index (χ0) is 16.7. The van der Waals surface area contributed by atoms with Gasteiger partial charge in [-0.25, -0.2) is 0 Å². The van der Waals surface area contributed by atoms with Gasteiger partial charge in [-0.15, -0.1) is 0 Å². The zero-order valence-corrected chi connectivity index (χ0v) is 13.9. The van der Waals surface area contributed by atoms with E-state index in [-0.39, 0.29) is 23.8 Å². The van der Waals surface area contributed by atoms with Gasteiger partial charge in [0.15, 0.2) is 0 Å². The molecule has 2 aromatic rings. The second kappa shape index (κ2) is 5.89. The fourth-order valence-corrected chi connectivity index (χ4v) is 3.42. The lowest BCUT2D eigenvalue weighted by Gasteiger charge is -2.12. The molecule has 126 valence electrons. The van der Waals surface area contributed by atoms with Crippen LogP contribution in [0.3, 0.4) is 0 Å². The average molecular weight is 327 g/mol. The van der Waals surface area contributed by atoms with Crippen LogP contribution in [0.2, 0.25) is 0 Å². The van der Waals surface area contributed by atoms with Gasteiger partial charge in [-0.2, -0.15) is 0 Å². The van der Waals surface area contributed by atoms with E-state index < -0.39 is 0 Å². The summed E-state index contributed by atoms with van der Waals surface area (Å²) in [7, 11) is 1.65. The SMILES string of the molecule is COc1cc2c(cc1CNC(=O)[C@@H]1C[C@@H]1c1ccco1)O[C@@H](C)C2. The fourth-order valence-electron chi connectivity index (χ4n) is 3.42. The first-order valence-corrected chi connectivity index (χ1v) is 8.33. The highest BCUT2D eigenvalue weighted by molar-refractivity contribution is 5.82. The average Bonchev–Trinajstić information content (AvgIpc) is 3.02. The Morgan fingerprint density at radius 1 is 1.42 bits per heavy atom. The smallest absolute Gasteiger partial charge is 0.224 e. The summed E-state index contributed by atoms with van der Waals surface area (Å²) in [5.74, 6) is 2.87. The maximum Gasteiger partial charge on any atom is 0.224 e. The Morgan fingerprint density at radius 3 is 3.04 bits per heavy atom. The number of carbonyl (C=O) groups excluding carboxylic acids is 1. The molecule has 5 nitrogen and oxygen atoms in total. The van der Waals surface area contributed by atoms with Gasteiger partial charge in [-0.1, -0.05) is 0 Å². The molecule has 1 saturated carbocycles. The number of carbonyl (C=O) groups is 1. The molecule has 1 aromatic carbocycles. The summed E-state index contributed by atoms with van der Waals surface area (Å²) >= 11 is 0. The van der Waals surface area contributed by atoms with Crippen molar-refractivity contribution in [3.8, 4) is 11.5 Å². The highest BCUT2D eigenvalue weighted by atomic mass is 16.5. The molecule has 2 aliphatic rings. The molecule has 1 aromatic heterocycles. The number of furan rings is 1. The number of amides is 1. The van der Waals surface area contributed by atoms with Gasteiger partial charge in [0.1, 0.15) is 23.4 Å². The Bertz CT molecular complexity index is 753. The predicted molar refractivity (Wildman–Crippen MR) is 88.2 cm³/mol. The van der Waals surface area contributed by atoms with Crippen molar-refractivity contribution < 1.29 is 18.7 Å². The second-order valence-electron chi connectivity index (χ2n) is 6.59. The highest BCUT2D eigenvalue weighted by Crippen LogP contribution is 2.47. The van der Waals surface area contributed by atoms with Crippen LogP contribution in [0.25, 0.3) is 0 Å². The molecule has 2 heterocycles. The molecule has 1 fully saturated rings. The predicted octanol–water partition coefficient (Wildman–Crippen LogP) is 3.03. The number of rotatable bonds is 5. The van der Waals surface area contributed by atoms with E-state index >= 15 is 0 Å². The Labute approximate surface area is 140 Å². The summed E-state index contributed by atoms with van der Waals surface area (Å²) in [6, 6.07) is 7.79. The molecule has 5 heteroatoms. The van der Waals surface area contributed by atoms with Crippen LogP contribution in [0, 0.1) is 5.92 Å². The Kier molecular flexibility index (Phi) is 3.71. The molecule has 0 unspecified atom stereocenters. The van der Waals surface area contributed by atoms with Crippen LogP contribution in [0.15, 0.2) is 34.9 Å². The van der Waals surface area contributed by atoms with E-state index in [0.29, 0.717) is 6.54 Å². The minimum absolute atomic E-state index is 0.00726. The van der Waals surface area contributed by atoms with Crippen molar-refractivity contribution in [1.29, 1.82) is 0 Å². The van der Waals surface area contributed by atoms with E-state index in [1.165, 1.54) is 0 Å². The summed E-state index contributed by atoms with van der Waals surface area (Å²) in [4.78, 5) is 12.3. The van der Waals surface area contributed by atoms with Gasteiger partial charge in [0, 0.05) is 35.9 Å². The van der Waals surface area contributed by atoms with E-state index in [2.05, 4.69) is 12.2 Å². The lowest BCUT2D eigenvalue weighted by molar-refractivity contribution is -0.122. The van der Waals surface area contributed by atoms with E-state index in [0.717, 1.165) is 41.2 Å². The number of nitrogens with one attached hydrogen (secondary N) is 1. The minimum atomic E-state index is 0.00726. The maximum atomic E-state index is 12.3. The van der Waals surface area contributed by atoms with Crippen molar-refractivity contribution in [1.82, 2.24) is 5.32 Å². The van der Waals surface area contributed by atoms with Crippen molar-refractivity contribution >= 4 is 5.91 Å². The third-order valence-corrected chi connectivity index (χ3v) is 4.79. The summed E-state index contributed by atoms with van der Waals surface area (Å²) in [6.07, 6.45) is 3.58. The van der Waals surface area contributed by atoms with Crippen LogP contribution in [0.4, 0.5) is 0 Å². The van der Waals surface area contributed by atoms with Crippen LogP contribution >= 0.6 is 0 Å². The molecular weight excluding hydrogens is 306 g/mol. The molecule has 24 heavy (non-hydrogen) atoms. The Hall–Kier alpha value is -2.43. The topological polar surface area (TPSA) is 60.7 Å². The van der Waals surface area contributed by atoms with Crippen LogP contribution in [-0.4, -0.2) is 19.1 Å². The Morgan fingerprint density at radius 2 is 2.29 bits per heavy atom. The van der Waals surface area contributed by atoms with Gasteiger partial charge in [0.25, 0.3) is 0 Å². The van der Waals surface area contributed by atoms with Gasteiger partial charge in [0.2, 0.25) is 5.91 Å². The quantitative estimate of drug-likeness (QED) is 0.917. The number of hydrogen-bond donors (Lipinski definition) is 1. The van der Waals surface area contributed by atoms with Gasteiger partial charge in [-0.05, 0) is 37.6 Å². The monoisotopic (exact) mass is 327 g/mol. The van der Waals surface area contributed by atoms with Gasteiger partial charge in [-0.3, -0.25) is 4.79 Å². The zero-order valence-electron chi connectivity index (χ0n) is 13.9. The molecular formula is C19H21NO4. The maximum absolute atomic E-state index is 12.3. The summed E-state index contributed by atoms with van der Waals surface area (Å²) in [6.45, 7) is 2.49. The molecule has 1 aliphatic carbocycles. The molecule has 0 spiro atoms. The normalized spacial score (nSPS) is 24.2. The minimum Gasteiger partial charge on any atom is -0.496 e. The van der Waals surface area contributed by atoms with Crippen molar-refractivity contribution in [2.24, 2.45) is 5.92 Å². The molecule has 0 radical (unpaired) electrons. The van der Waals surface area contributed by atoms with Crippen molar-refractivity contribution in [3.63, 3.8) is 0 Å². The Balaban J connectivity index is 1.41. The summed E-state index contributed by atoms with van der Waals surface area (Å²) < 4.78 is 16.7. The number of benzene rings is 1. The number of hydrogen-bond acceptors (Lipinski definition) is 4. The largest absolute Gasteiger partial charge is 0.496 e. The lowest BCUT2D eigenvalue weighted by Crippen LogP contribution is -2.25. The first-order chi connectivity index (χ1) is 11.7. The molecule has 0 saturated heterocycles. The highest BCUT2D eigenvalue weighted by Gasteiger charge is 2.45.